The molecule has 6 fully saturated rings. The van der Waals surface area contributed by atoms with Crippen molar-refractivity contribution >= 4 is 35.3 Å². The molecule has 0 aromatic rings. The molecule has 0 heterocycles. The molecule has 198 valence electrons. The summed E-state index contributed by atoms with van der Waals surface area (Å²) in [6, 6.07) is 0. The molecule has 0 bridgehead atoms. The number of carbonyl (C=O) groups excluding carboxylic acids is 6. The van der Waals surface area contributed by atoms with Gasteiger partial charge >= 0.3 is 23.8 Å². The molecule has 10 unspecified atom stereocenters. The molecule has 10 atom stereocenters. The summed E-state index contributed by atoms with van der Waals surface area (Å²) in [4.78, 5) is 65.8. The smallest absolute Gasteiger partial charge is 0.309 e. The third kappa shape index (κ3) is 4.32. The quantitative estimate of drug-likeness (QED) is 0.403. The van der Waals surface area contributed by atoms with Crippen LogP contribution in [-0.4, -0.2) is 68.7 Å². The zero-order chi connectivity index (χ0) is 26.7. The van der Waals surface area contributed by atoms with Crippen molar-refractivity contribution in [3.8, 4) is 0 Å². The van der Waals surface area contributed by atoms with Crippen molar-refractivity contribution in [2.75, 3.05) is 21.3 Å². The van der Waals surface area contributed by atoms with Crippen molar-refractivity contribution in [3.05, 3.63) is 0 Å². The van der Waals surface area contributed by atoms with E-state index < -0.39 is 53.8 Å². The van der Waals surface area contributed by atoms with Crippen LogP contribution >= 0.6 is 0 Å². The lowest BCUT2D eigenvalue weighted by molar-refractivity contribution is -0.149. The van der Waals surface area contributed by atoms with Crippen molar-refractivity contribution in [3.63, 3.8) is 0 Å². The molecule has 6 aliphatic rings. The molecular formula is C24H27F3O9. The topological polar surface area (TPSA) is 130 Å². The Morgan fingerprint density at radius 2 is 1.28 bits per heavy atom. The molecular weight excluding hydrogens is 489 g/mol. The highest BCUT2D eigenvalue weighted by Gasteiger charge is 2.72. The number of carbonyl (C=O) groups is 6. The van der Waals surface area contributed by atoms with Crippen LogP contribution in [0, 0.1) is 53.3 Å². The number of Topliss-reactive ketones (excluding diaryl/α,β-unsaturated/α-hetero) is 3. The van der Waals surface area contributed by atoms with Gasteiger partial charge in [0.1, 0.15) is 5.78 Å². The number of hydrogen-bond acceptors (Lipinski definition) is 9. The summed E-state index contributed by atoms with van der Waals surface area (Å²) < 4.78 is 51.4. The van der Waals surface area contributed by atoms with Gasteiger partial charge in [0.05, 0.1) is 39.1 Å². The first kappa shape index (κ1) is 26.3. The van der Waals surface area contributed by atoms with E-state index in [0.717, 1.165) is 6.42 Å². The van der Waals surface area contributed by atoms with Crippen LogP contribution in [0.25, 0.3) is 0 Å². The summed E-state index contributed by atoms with van der Waals surface area (Å²) >= 11 is 0. The van der Waals surface area contributed by atoms with Gasteiger partial charge in [-0.15, -0.1) is 0 Å². The third-order valence-corrected chi connectivity index (χ3v) is 8.29. The number of alkyl halides is 3. The Hall–Kier alpha value is -2.79. The summed E-state index contributed by atoms with van der Waals surface area (Å²) in [5.74, 6) is -7.92. The van der Waals surface area contributed by atoms with E-state index in [1.165, 1.54) is 21.3 Å². The molecule has 0 aromatic carbocycles. The predicted molar refractivity (Wildman–Crippen MR) is 111 cm³/mol. The summed E-state index contributed by atoms with van der Waals surface area (Å²) in [6.07, 6.45) is -0.0491. The molecule has 0 amide bonds. The van der Waals surface area contributed by atoms with Gasteiger partial charge in [-0.2, -0.15) is 8.78 Å². The van der Waals surface area contributed by atoms with E-state index in [1.807, 2.05) is 0 Å². The Morgan fingerprint density at radius 3 is 1.64 bits per heavy atom. The molecule has 6 rings (SSSR count). The van der Waals surface area contributed by atoms with Gasteiger partial charge in [-0.3, -0.25) is 28.8 Å². The third-order valence-electron chi connectivity index (χ3n) is 8.29. The Kier molecular flexibility index (Phi) is 6.76. The van der Waals surface area contributed by atoms with Crippen molar-refractivity contribution in [2.45, 2.75) is 37.8 Å². The molecule has 9 nitrogen and oxygen atoms in total. The monoisotopic (exact) mass is 516 g/mol. The van der Waals surface area contributed by atoms with Crippen molar-refractivity contribution in [2.24, 2.45) is 53.3 Å². The van der Waals surface area contributed by atoms with E-state index in [9.17, 15) is 41.9 Å². The number of hydrogen-bond donors (Lipinski definition) is 0. The SMILES string of the molecule is COC(=O)C1C2CC(F)(F)C(=O)C21.COC(=O)C1C2CC(F)C(=O)C21.COC(=O)C1C2CCC(=O)C21. The molecule has 6 aliphatic carbocycles. The lowest BCUT2D eigenvalue weighted by Gasteiger charge is -2.10. The number of fused-ring (bicyclic) bond motifs is 3. The van der Waals surface area contributed by atoms with E-state index in [2.05, 4.69) is 14.2 Å². The fraction of sp³-hybridized carbons (Fsp3) is 0.750. The van der Waals surface area contributed by atoms with Crippen LogP contribution in [0.1, 0.15) is 25.7 Å². The van der Waals surface area contributed by atoms with Crippen LogP contribution in [0.3, 0.4) is 0 Å². The molecule has 36 heavy (non-hydrogen) atoms. The zero-order valence-corrected chi connectivity index (χ0v) is 19.9. The predicted octanol–water partition coefficient (Wildman–Crippen LogP) is 1.35. The van der Waals surface area contributed by atoms with E-state index >= 15 is 0 Å². The number of methoxy groups -OCH3 is 3. The van der Waals surface area contributed by atoms with Crippen LogP contribution in [-0.2, 0) is 43.0 Å². The van der Waals surface area contributed by atoms with E-state index in [0.29, 0.717) is 12.3 Å². The maximum Gasteiger partial charge on any atom is 0.309 e. The summed E-state index contributed by atoms with van der Waals surface area (Å²) in [7, 11) is 3.85. The van der Waals surface area contributed by atoms with Crippen LogP contribution in [0.5, 0.6) is 0 Å². The number of halogens is 3. The average molecular weight is 516 g/mol. The number of ether oxygens (including phenoxy) is 3. The molecule has 0 saturated heterocycles. The van der Waals surface area contributed by atoms with Crippen molar-refractivity contribution in [1.82, 2.24) is 0 Å². The first-order chi connectivity index (χ1) is 16.9. The van der Waals surface area contributed by atoms with Gasteiger partial charge < -0.3 is 14.2 Å². The second kappa shape index (κ2) is 9.26. The molecule has 12 heteroatoms. The Balaban J connectivity index is 0.000000127. The van der Waals surface area contributed by atoms with Crippen LogP contribution < -0.4 is 0 Å². The zero-order valence-electron chi connectivity index (χ0n) is 19.9. The minimum Gasteiger partial charge on any atom is -0.469 e. The minimum absolute atomic E-state index is 0.0300. The van der Waals surface area contributed by atoms with Gasteiger partial charge in [-0.25, -0.2) is 4.39 Å². The molecule has 0 spiro atoms. The number of rotatable bonds is 3. The second-order valence-corrected chi connectivity index (χ2v) is 10.1. The van der Waals surface area contributed by atoms with E-state index in [-0.39, 0.29) is 53.7 Å². The summed E-state index contributed by atoms with van der Waals surface area (Å²) in [5, 5.41) is 0. The second-order valence-electron chi connectivity index (χ2n) is 10.1. The standard InChI is InChI=1S/C8H8F2O3.C8H9FO3.C8H10O3/c1-13-7(12)5-3-2-8(9,10)6(11)4(3)5;1-12-8(11)6-3-2-4(9)7(10)5(3)6;1-11-8(10)7-4-2-3-5(9)6(4)7/h3-5H,2H2,1H3;3-6H,2H2,1H3;4,6-7H,2-3H2,1H3. The number of esters is 3. The highest BCUT2D eigenvalue weighted by molar-refractivity contribution is 5.99. The molecule has 0 radical (unpaired) electrons. The summed E-state index contributed by atoms with van der Waals surface area (Å²) in [6.45, 7) is 0. The lowest BCUT2D eigenvalue weighted by Crippen LogP contribution is -2.28. The van der Waals surface area contributed by atoms with Crippen molar-refractivity contribution < 1.29 is 56.1 Å². The van der Waals surface area contributed by atoms with E-state index in [1.54, 1.807) is 0 Å². The first-order valence-electron chi connectivity index (χ1n) is 11.8. The minimum atomic E-state index is -3.21. The van der Waals surface area contributed by atoms with Crippen LogP contribution in [0.15, 0.2) is 0 Å². The fourth-order valence-corrected chi connectivity index (χ4v) is 6.26. The van der Waals surface area contributed by atoms with Crippen LogP contribution in [0.4, 0.5) is 13.2 Å². The van der Waals surface area contributed by atoms with Crippen molar-refractivity contribution in [1.29, 1.82) is 0 Å². The Labute approximate surface area is 204 Å². The summed E-state index contributed by atoms with van der Waals surface area (Å²) in [5.41, 5.74) is 0. The maximum absolute atomic E-state index is 12.7. The normalized spacial score (nSPS) is 41.3. The van der Waals surface area contributed by atoms with E-state index in [4.69, 9.17) is 0 Å². The van der Waals surface area contributed by atoms with Gasteiger partial charge in [0.15, 0.2) is 12.0 Å². The molecule has 6 saturated carbocycles. The highest BCUT2D eigenvalue weighted by atomic mass is 19.3. The van der Waals surface area contributed by atoms with Gasteiger partial charge in [0.2, 0.25) is 5.78 Å². The van der Waals surface area contributed by atoms with Gasteiger partial charge in [0, 0.05) is 30.6 Å². The first-order valence-corrected chi connectivity index (χ1v) is 11.8. The fourth-order valence-electron chi connectivity index (χ4n) is 6.26. The Bertz CT molecular complexity index is 1010. The maximum atomic E-state index is 12.7. The molecule has 0 N–H and O–H groups in total. The van der Waals surface area contributed by atoms with Gasteiger partial charge in [-0.05, 0) is 30.6 Å². The van der Waals surface area contributed by atoms with Gasteiger partial charge in [-0.1, -0.05) is 0 Å². The van der Waals surface area contributed by atoms with Gasteiger partial charge in [0.25, 0.3) is 0 Å². The largest absolute Gasteiger partial charge is 0.469 e. The number of ketones is 3. The Morgan fingerprint density at radius 1 is 0.778 bits per heavy atom. The highest BCUT2D eigenvalue weighted by Crippen LogP contribution is 2.60. The average Bonchev–Trinajstić information content (AvgIpc) is 3.78. The molecule has 0 aliphatic heterocycles. The van der Waals surface area contributed by atoms with Crippen LogP contribution in [0.2, 0.25) is 0 Å². The lowest BCUT2D eigenvalue weighted by atomic mass is 10.1. The molecule has 0 aromatic heterocycles.